The van der Waals surface area contributed by atoms with Crippen LogP contribution in [0.3, 0.4) is 0 Å². The zero-order chi connectivity index (χ0) is 21.0. The van der Waals surface area contributed by atoms with Crippen LogP contribution in [0, 0.1) is 0 Å². The van der Waals surface area contributed by atoms with E-state index in [1.807, 2.05) is 6.92 Å². The highest BCUT2D eigenvalue weighted by atomic mass is 19.4. The molecular formula is C22H24F3NO3. The lowest BCUT2D eigenvalue weighted by Crippen LogP contribution is -2.45. The van der Waals surface area contributed by atoms with Gasteiger partial charge in [-0.3, -0.25) is 0 Å². The van der Waals surface area contributed by atoms with Gasteiger partial charge < -0.3 is 14.7 Å². The first-order chi connectivity index (χ1) is 13.8. The van der Waals surface area contributed by atoms with E-state index >= 15 is 0 Å². The summed E-state index contributed by atoms with van der Waals surface area (Å²) < 4.78 is 44.1. The molecule has 1 fully saturated rings. The van der Waals surface area contributed by atoms with Crippen molar-refractivity contribution in [2.45, 2.75) is 37.9 Å². The number of carboxylic acid groups (broad SMARTS) is 1. The van der Waals surface area contributed by atoms with E-state index < -0.39 is 17.7 Å². The van der Waals surface area contributed by atoms with Gasteiger partial charge in [-0.15, -0.1) is 0 Å². The van der Waals surface area contributed by atoms with E-state index in [9.17, 15) is 18.0 Å². The summed E-state index contributed by atoms with van der Waals surface area (Å²) in [6.45, 7) is 3.72. The van der Waals surface area contributed by atoms with Crippen LogP contribution in [0.4, 0.5) is 18.9 Å². The maximum absolute atomic E-state index is 12.8. The normalized spacial score (nSPS) is 19.9. The maximum atomic E-state index is 12.8. The average molecular weight is 407 g/mol. The maximum Gasteiger partial charge on any atom is 0.416 e. The fourth-order valence-electron chi connectivity index (χ4n) is 3.78. The van der Waals surface area contributed by atoms with Gasteiger partial charge in [0, 0.05) is 24.8 Å². The summed E-state index contributed by atoms with van der Waals surface area (Å²) in [7, 11) is 0. The number of carbonyl (C=O) groups is 1. The Hall–Kier alpha value is -2.54. The van der Waals surface area contributed by atoms with Crippen molar-refractivity contribution < 1.29 is 27.8 Å². The summed E-state index contributed by atoms with van der Waals surface area (Å²) >= 11 is 0. The first-order valence-corrected chi connectivity index (χ1v) is 9.64. The van der Waals surface area contributed by atoms with Crippen LogP contribution in [0.15, 0.2) is 48.5 Å². The van der Waals surface area contributed by atoms with Gasteiger partial charge in [0.05, 0.1) is 23.8 Å². The lowest BCUT2D eigenvalue weighted by atomic mass is 9.86. The van der Waals surface area contributed by atoms with Gasteiger partial charge in [-0.2, -0.15) is 13.2 Å². The predicted octanol–water partition coefficient (Wildman–Crippen LogP) is 5.19. The molecule has 1 aliphatic rings. The van der Waals surface area contributed by atoms with Gasteiger partial charge in [0.2, 0.25) is 0 Å². The van der Waals surface area contributed by atoms with E-state index in [0.29, 0.717) is 19.8 Å². The summed E-state index contributed by atoms with van der Waals surface area (Å²) in [5.74, 6) is -0.891. The molecule has 0 radical (unpaired) electrons. The van der Waals surface area contributed by atoms with Gasteiger partial charge in [-0.05, 0) is 61.7 Å². The summed E-state index contributed by atoms with van der Waals surface area (Å²) in [4.78, 5) is 13.3. The Morgan fingerprint density at radius 2 is 1.76 bits per heavy atom. The molecule has 156 valence electrons. The van der Waals surface area contributed by atoms with Gasteiger partial charge >= 0.3 is 12.1 Å². The van der Waals surface area contributed by atoms with Crippen molar-refractivity contribution >= 4 is 11.7 Å². The summed E-state index contributed by atoms with van der Waals surface area (Å²) in [6, 6.07) is 12.2. The fourth-order valence-corrected chi connectivity index (χ4v) is 3.78. The Labute approximate surface area is 167 Å². The number of ether oxygens (including phenoxy) is 1. The van der Waals surface area contributed by atoms with Crippen molar-refractivity contribution in [3.8, 4) is 0 Å². The summed E-state index contributed by atoms with van der Waals surface area (Å²) in [5.41, 5.74) is 1.33. The predicted molar refractivity (Wildman–Crippen MR) is 104 cm³/mol. The third kappa shape index (κ3) is 5.09. The fraction of sp³-hybridized carbons (Fsp3) is 0.409. The van der Waals surface area contributed by atoms with Crippen LogP contribution in [-0.2, 0) is 10.9 Å². The molecule has 0 bridgehead atoms. The smallest absolute Gasteiger partial charge is 0.416 e. The molecule has 3 rings (SSSR count). The van der Waals surface area contributed by atoms with Crippen molar-refractivity contribution in [2.75, 3.05) is 24.7 Å². The highest BCUT2D eigenvalue weighted by Gasteiger charge is 2.32. The second kappa shape index (κ2) is 8.86. The molecule has 0 aromatic heterocycles. The lowest BCUT2D eigenvalue weighted by Gasteiger charge is -2.41. The van der Waals surface area contributed by atoms with Crippen LogP contribution in [0.2, 0.25) is 0 Å². The molecule has 1 heterocycles. The van der Waals surface area contributed by atoms with E-state index in [2.05, 4.69) is 4.90 Å². The second-order valence-corrected chi connectivity index (χ2v) is 7.21. The minimum atomic E-state index is -4.34. The number of hydrogen-bond donors (Lipinski definition) is 1. The van der Waals surface area contributed by atoms with E-state index in [-0.39, 0.29) is 17.5 Å². The highest BCUT2D eigenvalue weighted by molar-refractivity contribution is 5.88. The van der Waals surface area contributed by atoms with Crippen LogP contribution >= 0.6 is 0 Å². The van der Waals surface area contributed by atoms with E-state index in [1.165, 1.54) is 0 Å². The van der Waals surface area contributed by atoms with Gasteiger partial charge in [0.15, 0.2) is 0 Å². The molecule has 29 heavy (non-hydrogen) atoms. The minimum Gasteiger partial charge on any atom is -0.478 e. The molecule has 0 spiro atoms. The number of anilines is 1. The molecule has 1 N–H and O–H groups in total. The molecule has 1 aliphatic heterocycles. The van der Waals surface area contributed by atoms with Crippen molar-refractivity contribution in [1.29, 1.82) is 0 Å². The molecule has 0 aliphatic carbocycles. The Kier molecular flexibility index (Phi) is 6.47. The number of aromatic carboxylic acids is 1. The molecule has 0 unspecified atom stereocenters. The SMILES string of the molecule is CCOC[C@H]1CC[C@@H](c2ccc(C(F)(F)F)cc2)CN1c1ccc(C(=O)O)cc1. The number of hydrogen-bond acceptors (Lipinski definition) is 3. The number of piperidine rings is 1. The standard InChI is InChI=1S/C22H24F3NO3/c1-2-29-14-20-12-7-17(15-3-8-18(9-4-15)22(23,24)25)13-26(20)19-10-5-16(6-11-19)21(27)28/h3-6,8-11,17,20H,2,7,12-14H2,1H3,(H,27,28)/t17-,20-/m1/s1. The number of benzene rings is 2. The Morgan fingerprint density at radius 3 is 2.31 bits per heavy atom. The quantitative estimate of drug-likeness (QED) is 0.716. The Morgan fingerprint density at radius 1 is 1.10 bits per heavy atom. The zero-order valence-electron chi connectivity index (χ0n) is 16.2. The van der Waals surface area contributed by atoms with Gasteiger partial charge in [0.25, 0.3) is 0 Å². The molecule has 2 atom stereocenters. The topological polar surface area (TPSA) is 49.8 Å². The summed E-state index contributed by atoms with van der Waals surface area (Å²) in [6.07, 6.45) is -2.65. The first kappa shape index (κ1) is 21.2. The first-order valence-electron chi connectivity index (χ1n) is 9.64. The van der Waals surface area contributed by atoms with Gasteiger partial charge in [-0.25, -0.2) is 4.79 Å². The molecule has 1 saturated heterocycles. The van der Waals surface area contributed by atoms with Crippen molar-refractivity contribution in [3.05, 3.63) is 65.2 Å². The molecule has 0 amide bonds. The molecule has 2 aromatic rings. The third-order valence-electron chi connectivity index (χ3n) is 5.38. The Bertz CT molecular complexity index is 819. The van der Waals surface area contributed by atoms with Crippen molar-refractivity contribution in [3.63, 3.8) is 0 Å². The van der Waals surface area contributed by atoms with E-state index in [1.54, 1.807) is 36.4 Å². The zero-order valence-corrected chi connectivity index (χ0v) is 16.2. The minimum absolute atomic E-state index is 0.0920. The average Bonchev–Trinajstić information content (AvgIpc) is 2.71. The highest BCUT2D eigenvalue weighted by Crippen LogP contribution is 2.35. The molecular weight excluding hydrogens is 383 g/mol. The van der Waals surface area contributed by atoms with Crippen LogP contribution in [-0.4, -0.2) is 36.9 Å². The van der Waals surface area contributed by atoms with Crippen molar-refractivity contribution in [1.82, 2.24) is 0 Å². The second-order valence-electron chi connectivity index (χ2n) is 7.21. The monoisotopic (exact) mass is 407 g/mol. The number of alkyl halides is 3. The third-order valence-corrected chi connectivity index (χ3v) is 5.38. The van der Waals surface area contributed by atoms with E-state index in [4.69, 9.17) is 9.84 Å². The summed E-state index contributed by atoms with van der Waals surface area (Å²) in [5, 5.41) is 9.11. The van der Waals surface area contributed by atoms with Crippen molar-refractivity contribution in [2.24, 2.45) is 0 Å². The van der Waals surface area contributed by atoms with Crippen LogP contribution in [0.1, 0.15) is 47.2 Å². The van der Waals surface area contributed by atoms with Crippen LogP contribution in [0.5, 0.6) is 0 Å². The number of nitrogens with zero attached hydrogens (tertiary/aromatic N) is 1. The van der Waals surface area contributed by atoms with Gasteiger partial charge in [0.1, 0.15) is 0 Å². The van der Waals surface area contributed by atoms with E-state index in [0.717, 1.165) is 36.2 Å². The van der Waals surface area contributed by atoms with Crippen LogP contribution in [0.25, 0.3) is 0 Å². The van der Waals surface area contributed by atoms with Crippen LogP contribution < -0.4 is 4.90 Å². The lowest BCUT2D eigenvalue weighted by molar-refractivity contribution is -0.137. The Balaban J connectivity index is 1.81. The molecule has 2 aromatic carbocycles. The largest absolute Gasteiger partial charge is 0.478 e. The molecule has 4 nitrogen and oxygen atoms in total. The molecule has 7 heteroatoms. The number of carboxylic acids is 1. The molecule has 0 saturated carbocycles. The number of rotatable bonds is 6. The number of halogens is 3. The van der Waals surface area contributed by atoms with Gasteiger partial charge in [-0.1, -0.05) is 12.1 Å².